The molecule has 1 amide bonds. The molecule has 1 saturated heterocycles. The second-order valence-corrected chi connectivity index (χ2v) is 8.31. The number of likely N-dealkylation sites (N-methyl/N-ethyl adjacent to an activating group) is 1. The summed E-state index contributed by atoms with van der Waals surface area (Å²) < 4.78 is 38.8. The molecule has 1 aliphatic rings. The lowest BCUT2D eigenvalue weighted by Gasteiger charge is -2.32. The number of hydrogen-bond donors (Lipinski definition) is 2. The standard InChI is InChI=1S/C25H27F3N4O/c1-31-13-15-32(16-14-31)12-11-29-24(33)21-17-22(30-23(21)19-5-3-2-4-6-19)18-7-9-20(10-8-18)25(26,27)28/h2-10,17,30H,11-16H2,1H3,(H,29,33). The summed E-state index contributed by atoms with van der Waals surface area (Å²) >= 11 is 0. The number of halogens is 3. The van der Waals surface area contributed by atoms with Gasteiger partial charge in [0.2, 0.25) is 0 Å². The lowest BCUT2D eigenvalue weighted by molar-refractivity contribution is -0.137. The topological polar surface area (TPSA) is 51.4 Å². The SMILES string of the molecule is CN1CCN(CCNC(=O)c2cc(-c3ccc(C(F)(F)F)cc3)[nH]c2-c2ccccc2)CC1. The van der Waals surface area contributed by atoms with Crippen molar-refractivity contribution >= 4 is 5.91 Å². The Morgan fingerprint density at radius 1 is 0.970 bits per heavy atom. The highest BCUT2D eigenvalue weighted by Gasteiger charge is 2.30. The third kappa shape index (κ3) is 5.64. The summed E-state index contributed by atoms with van der Waals surface area (Å²) in [5.74, 6) is -0.211. The molecule has 2 heterocycles. The molecule has 2 N–H and O–H groups in total. The van der Waals surface area contributed by atoms with Crippen LogP contribution in [0, 0.1) is 0 Å². The molecule has 0 bridgehead atoms. The molecule has 5 nitrogen and oxygen atoms in total. The van der Waals surface area contributed by atoms with Gasteiger partial charge in [0.15, 0.2) is 0 Å². The molecular weight excluding hydrogens is 429 g/mol. The summed E-state index contributed by atoms with van der Waals surface area (Å²) in [7, 11) is 2.10. The molecule has 1 aliphatic heterocycles. The van der Waals surface area contributed by atoms with Gasteiger partial charge in [-0.3, -0.25) is 9.69 Å². The first-order valence-corrected chi connectivity index (χ1v) is 11.0. The minimum atomic E-state index is -4.39. The van der Waals surface area contributed by atoms with Gasteiger partial charge in [0.1, 0.15) is 0 Å². The van der Waals surface area contributed by atoms with Gasteiger partial charge in [0.25, 0.3) is 5.91 Å². The van der Waals surface area contributed by atoms with Crippen molar-refractivity contribution in [2.45, 2.75) is 6.18 Å². The average molecular weight is 457 g/mol. The number of hydrogen-bond acceptors (Lipinski definition) is 3. The maximum absolute atomic E-state index is 13.1. The molecule has 2 aromatic carbocycles. The average Bonchev–Trinajstić information content (AvgIpc) is 3.26. The lowest BCUT2D eigenvalue weighted by atomic mass is 10.1. The summed E-state index contributed by atoms with van der Waals surface area (Å²) in [6.45, 7) is 5.28. The summed E-state index contributed by atoms with van der Waals surface area (Å²) in [6, 6.07) is 16.1. The number of carbonyl (C=O) groups excluding carboxylic acids is 1. The number of aromatic amines is 1. The van der Waals surface area contributed by atoms with Gasteiger partial charge in [-0.1, -0.05) is 42.5 Å². The van der Waals surface area contributed by atoms with Crippen LogP contribution in [0.25, 0.3) is 22.5 Å². The van der Waals surface area contributed by atoms with Gasteiger partial charge in [-0.05, 0) is 36.4 Å². The molecule has 0 saturated carbocycles. The van der Waals surface area contributed by atoms with E-state index >= 15 is 0 Å². The summed E-state index contributed by atoms with van der Waals surface area (Å²) in [6.07, 6.45) is -4.39. The summed E-state index contributed by atoms with van der Waals surface area (Å²) in [5, 5.41) is 3.00. The normalized spacial score (nSPS) is 15.5. The molecule has 4 rings (SSSR count). The number of benzene rings is 2. The minimum Gasteiger partial charge on any atom is -0.354 e. The van der Waals surface area contributed by atoms with Crippen LogP contribution in [0.1, 0.15) is 15.9 Å². The summed E-state index contributed by atoms with van der Waals surface area (Å²) in [4.78, 5) is 20.9. The van der Waals surface area contributed by atoms with Crippen molar-refractivity contribution in [3.63, 3.8) is 0 Å². The fraction of sp³-hybridized carbons (Fsp3) is 0.320. The van der Waals surface area contributed by atoms with Gasteiger partial charge in [0, 0.05) is 45.0 Å². The Labute approximate surface area is 191 Å². The number of piperazine rings is 1. The molecule has 0 unspecified atom stereocenters. The van der Waals surface area contributed by atoms with Crippen LogP contribution < -0.4 is 5.32 Å². The molecule has 0 radical (unpaired) electrons. The van der Waals surface area contributed by atoms with E-state index < -0.39 is 11.7 Å². The van der Waals surface area contributed by atoms with Crippen molar-refractivity contribution in [3.05, 3.63) is 71.8 Å². The second kappa shape index (κ2) is 9.80. The Kier molecular flexibility index (Phi) is 6.85. The quantitative estimate of drug-likeness (QED) is 0.580. The zero-order chi connectivity index (χ0) is 23.4. The Hall–Kier alpha value is -3.10. The number of nitrogens with one attached hydrogen (secondary N) is 2. The van der Waals surface area contributed by atoms with Crippen LogP contribution in [0.4, 0.5) is 13.2 Å². The smallest absolute Gasteiger partial charge is 0.354 e. The van der Waals surface area contributed by atoms with Gasteiger partial charge in [-0.2, -0.15) is 13.2 Å². The van der Waals surface area contributed by atoms with Crippen molar-refractivity contribution in [2.24, 2.45) is 0 Å². The first-order valence-electron chi connectivity index (χ1n) is 11.0. The van der Waals surface area contributed by atoms with Crippen LogP contribution in [0.5, 0.6) is 0 Å². The first-order chi connectivity index (χ1) is 15.8. The van der Waals surface area contributed by atoms with Crippen LogP contribution in [-0.4, -0.2) is 67.0 Å². The molecule has 8 heteroatoms. The van der Waals surface area contributed by atoms with Crippen molar-refractivity contribution in [1.29, 1.82) is 0 Å². The Morgan fingerprint density at radius 3 is 2.27 bits per heavy atom. The molecule has 1 aromatic heterocycles. The molecule has 33 heavy (non-hydrogen) atoms. The third-order valence-corrected chi connectivity index (χ3v) is 5.96. The number of carbonyl (C=O) groups is 1. The number of rotatable bonds is 6. The number of H-pyrrole nitrogens is 1. The largest absolute Gasteiger partial charge is 0.416 e. The zero-order valence-electron chi connectivity index (χ0n) is 18.5. The third-order valence-electron chi connectivity index (χ3n) is 5.96. The summed E-state index contributed by atoms with van der Waals surface area (Å²) in [5.41, 5.74) is 2.41. The van der Waals surface area contributed by atoms with Crippen molar-refractivity contribution in [2.75, 3.05) is 46.3 Å². The van der Waals surface area contributed by atoms with Gasteiger partial charge >= 0.3 is 6.18 Å². The molecule has 0 aliphatic carbocycles. The molecule has 0 atom stereocenters. The van der Waals surface area contributed by atoms with E-state index in [1.165, 1.54) is 12.1 Å². The maximum atomic E-state index is 13.1. The predicted octanol–water partition coefficient (Wildman–Crippen LogP) is 4.34. The van der Waals surface area contributed by atoms with Crippen LogP contribution in [0.15, 0.2) is 60.7 Å². The number of aromatic nitrogens is 1. The first kappa shape index (κ1) is 23.1. The highest BCUT2D eigenvalue weighted by atomic mass is 19.4. The Morgan fingerprint density at radius 2 is 1.64 bits per heavy atom. The van der Waals surface area contributed by atoms with Crippen LogP contribution in [-0.2, 0) is 6.18 Å². The Bertz CT molecular complexity index is 1070. The fourth-order valence-electron chi connectivity index (χ4n) is 3.95. The maximum Gasteiger partial charge on any atom is 0.416 e. The van der Waals surface area contributed by atoms with E-state index in [0.29, 0.717) is 29.1 Å². The van der Waals surface area contributed by atoms with Crippen molar-refractivity contribution < 1.29 is 18.0 Å². The predicted molar refractivity (Wildman–Crippen MR) is 123 cm³/mol. The van der Waals surface area contributed by atoms with Gasteiger partial charge in [-0.15, -0.1) is 0 Å². The van der Waals surface area contributed by atoms with E-state index in [2.05, 4.69) is 27.1 Å². The molecule has 3 aromatic rings. The zero-order valence-corrected chi connectivity index (χ0v) is 18.5. The van der Waals surface area contributed by atoms with Crippen LogP contribution >= 0.6 is 0 Å². The Balaban J connectivity index is 1.53. The number of alkyl halides is 3. The van der Waals surface area contributed by atoms with Gasteiger partial charge < -0.3 is 15.2 Å². The molecular formula is C25H27F3N4O. The monoisotopic (exact) mass is 456 g/mol. The highest BCUT2D eigenvalue weighted by molar-refractivity contribution is 6.01. The van der Waals surface area contributed by atoms with E-state index in [-0.39, 0.29) is 5.91 Å². The van der Waals surface area contributed by atoms with Gasteiger partial charge in [0.05, 0.1) is 16.8 Å². The lowest BCUT2D eigenvalue weighted by Crippen LogP contribution is -2.46. The second-order valence-electron chi connectivity index (χ2n) is 8.31. The van der Waals surface area contributed by atoms with E-state index in [0.717, 1.165) is 50.4 Å². The van der Waals surface area contributed by atoms with Crippen LogP contribution in [0.2, 0.25) is 0 Å². The minimum absolute atomic E-state index is 0.211. The number of amides is 1. The van der Waals surface area contributed by atoms with E-state index in [1.54, 1.807) is 6.07 Å². The highest BCUT2D eigenvalue weighted by Crippen LogP contribution is 2.33. The van der Waals surface area contributed by atoms with Gasteiger partial charge in [-0.25, -0.2) is 0 Å². The molecule has 1 fully saturated rings. The van der Waals surface area contributed by atoms with E-state index in [4.69, 9.17) is 0 Å². The molecule has 0 spiro atoms. The fourth-order valence-corrected chi connectivity index (χ4v) is 3.95. The van der Waals surface area contributed by atoms with Crippen LogP contribution in [0.3, 0.4) is 0 Å². The number of nitrogens with zero attached hydrogens (tertiary/aromatic N) is 2. The van der Waals surface area contributed by atoms with E-state index in [1.807, 2.05) is 30.3 Å². The van der Waals surface area contributed by atoms with Crippen molar-refractivity contribution in [1.82, 2.24) is 20.1 Å². The van der Waals surface area contributed by atoms with Crippen molar-refractivity contribution in [3.8, 4) is 22.5 Å². The molecule has 174 valence electrons. The van der Waals surface area contributed by atoms with E-state index in [9.17, 15) is 18.0 Å².